The highest BCUT2D eigenvalue weighted by molar-refractivity contribution is 7.10. The van der Waals surface area contributed by atoms with E-state index in [1.54, 1.807) is 11.1 Å². The molecule has 0 aliphatic carbocycles. The molecular weight excluding hydrogens is 439 g/mol. The van der Waals surface area contributed by atoms with Crippen LogP contribution in [0.1, 0.15) is 28.1 Å². The fourth-order valence-electron chi connectivity index (χ4n) is 4.17. The molecule has 0 spiro atoms. The van der Waals surface area contributed by atoms with Gasteiger partial charge in [0.25, 0.3) is 0 Å². The average molecular weight is 459 g/mol. The highest BCUT2D eigenvalue weighted by Crippen LogP contribution is 2.44. The van der Waals surface area contributed by atoms with Crippen molar-refractivity contribution < 1.29 is 18.8 Å². The Morgan fingerprint density at radius 1 is 0.909 bits per heavy atom. The first-order valence-electron chi connectivity index (χ1n) is 10.3. The number of nitrogens with zero attached hydrogens (tertiary/aromatic N) is 2. The van der Waals surface area contributed by atoms with E-state index in [0.717, 1.165) is 39.5 Å². The van der Waals surface area contributed by atoms with Gasteiger partial charge >= 0.3 is 6.47 Å². The first-order valence-corrected chi connectivity index (χ1v) is 11.2. The Balaban J connectivity index is 1.65. The Kier molecular flexibility index (Phi) is 5.73. The smallest absolute Gasteiger partial charge is 0.322 e. The molecule has 5 nitrogen and oxygen atoms in total. The van der Waals surface area contributed by atoms with Crippen LogP contribution in [0.5, 0.6) is 0 Å². The van der Waals surface area contributed by atoms with Crippen LogP contribution >= 0.6 is 11.3 Å². The van der Waals surface area contributed by atoms with Gasteiger partial charge in [0.2, 0.25) is 0 Å². The average Bonchev–Trinajstić information content (AvgIpc) is 3.44. The number of aldehydes is 1. The van der Waals surface area contributed by atoms with E-state index < -0.39 is 12.1 Å². The lowest BCUT2D eigenvalue weighted by atomic mass is 10.0. The minimum atomic E-state index is -0.790. The van der Waals surface area contributed by atoms with Crippen LogP contribution in [-0.4, -0.2) is 22.9 Å². The van der Waals surface area contributed by atoms with Gasteiger partial charge in [-0.15, -0.1) is 16.5 Å². The van der Waals surface area contributed by atoms with Crippen LogP contribution in [0.3, 0.4) is 0 Å². The van der Waals surface area contributed by atoms with Gasteiger partial charge in [0, 0.05) is 10.4 Å². The number of hydroxylamine groups is 1. The predicted octanol–water partition coefficient (Wildman–Crippen LogP) is 5.68. The number of hydrazine groups is 1. The zero-order chi connectivity index (χ0) is 22.8. The van der Waals surface area contributed by atoms with Crippen molar-refractivity contribution in [2.75, 3.05) is 0 Å². The lowest BCUT2D eigenvalue weighted by Gasteiger charge is -2.36. The third kappa shape index (κ3) is 3.92. The summed E-state index contributed by atoms with van der Waals surface area (Å²) in [6.45, 7) is 0.323. The zero-order valence-corrected chi connectivity index (χ0v) is 18.2. The standard InChI is InChI=1S/C26H19FN2O3S/c27-26-13-12-25(33-26)23-15-22(19-7-2-1-3-8-19)29(32-17-31)28(23)24(16-30)21-11-10-18-6-4-5-9-20(18)14-21/h1-17,23-24H. The van der Waals surface area contributed by atoms with Gasteiger partial charge in [-0.3, -0.25) is 4.79 Å². The molecule has 0 saturated carbocycles. The van der Waals surface area contributed by atoms with E-state index in [2.05, 4.69) is 0 Å². The lowest BCUT2D eigenvalue weighted by Crippen LogP contribution is -2.41. The number of hydrogen-bond donors (Lipinski definition) is 0. The van der Waals surface area contributed by atoms with Crippen LogP contribution < -0.4 is 0 Å². The Hall–Kier alpha value is -3.81. The van der Waals surface area contributed by atoms with Crippen molar-refractivity contribution in [2.24, 2.45) is 0 Å². The summed E-state index contributed by atoms with van der Waals surface area (Å²) in [7, 11) is 0. The molecule has 0 bridgehead atoms. The van der Waals surface area contributed by atoms with Crippen LogP contribution in [0.2, 0.25) is 0 Å². The van der Waals surface area contributed by atoms with E-state index in [4.69, 9.17) is 4.84 Å². The van der Waals surface area contributed by atoms with Crippen molar-refractivity contribution in [1.29, 1.82) is 0 Å². The third-order valence-electron chi connectivity index (χ3n) is 5.64. The molecule has 1 aromatic heterocycles. The summed E-state index contributed by atoms with van der Waals surface area (Å²) in [6.07, 6.45) is 2.69. The maximum atomic E-state index is 14.0. The molecule has 5 rings (SSSR count). The molecule has 0 saturated heterocycles. The molecule has 0 N–H and O–H groups in total. The van der Waals surface area contributed by atoms with Crippen molar-refractivity contribution in [3.05, 3.63) is 112 Å². The molecule has 33 heavy (non-hydrogen) atoms. The summed E-state index contributed by atoms with van der Waals surface area (Å²) in [4.78, 5) is 30.1. The number of benzene rings is 3. The SMILES string of the molecule is O=CON1C(c2ccccc2)=CC(c2ccc(F)s2)N1C(C=O)c1ccc2ccccc2c1. The molecular formula is C26H19FN2O3S. The van der Waals surface area contributed by atoms with Crippen LogP contribution in [0, 0.1) is 5.13 Å². The number of halogens is 1. The van der Waals surface area contributed by atoms with E-state index >= 15 is 0 Å². The Morgan fingerprint density at radius 2 is 1.67 bits per heavy atom. The second kappa shape index (κ2) is 8.97. The second-order valence-electron chi connectivity index (χ2n) is 7.55. The van der Waals surface area contributed by atoms with E-state index in [0.29, 0.717) is 17.0 Å². The lowest BCUT2D eigenvalue weighted by molar-refractivity contribution is -0.231. The van der Waals surface area contributed by atoms with Gasteiger partial charge in [0.15, 0.2) is 5.13 Å². The van der Waals surface area contributed by atoms with Crippen molar-refractivity contribution >= 4 is 40.6 Å². The maximum Gasteiger partial charge on any atom is 0.322 e. The van der Waals surface area contributed by atoms with Gasteiger partial charge in [0.05, 0.1) is 11.7 Å². The minimum absolute atomic E-state index is 0.323. The van der Waals surface area contributed by atoms with Gasteiger partial charge < -0.3 is 9.63 Å². The molecule has 0 radical (unpaired) electrons. The number of hydrogen-bond acceptors (Lipinski definition) is 6. The Labute approximate surface area is 193 Å². The summed E-state index contributed by atoms with van der Waals surface area (Å²) in [5.74, 6) is 0. The van der Waals surface area contributed by atoms with E-state index in [1.807, 2.05) is 78.9 Å². The summed E-state index contributed by atoms with van der Waals surface area (Å²) in [5.41, 5.74) is 2.12. The number of carbonyl (C=O) groups excluding carboxylic acids is 2. The first kappa shape index (κ1) is 21.1. The summed E-state index contributed by atoms with van der Waals surface area (Å²) in [5, 5.41) is 4.70. The van der Waals surface area contributed by atoms with Gasteiger partial charge in [0.1, 0.15) is 12.3 Å². The molecule has 164 valence electrons. The van der Waals surface area contributed by atoms with Gasteiger partial charge in [-0.1, -0.05) is 66.7 Å². The molecule has 2 atom stereocenters. The summed E-state index contributed by atoms with van der Waals surface area (Å²) in [6, 6.07) is 24.8. The van der Waals surface area contributed by atoms with Crippen LogP contribution in [-0.2, 0) is 14.4 Å². The molecule has 2 unspecified atom stereocenters. The predicted molar refractivity (Wildman–Crippen MR) is 125 cm³/mol. The monoisotopic (exact) mass is 458 g/mol. The molecule has 1 aliphatic heterocycles. The molecule has 1 aliphatic rings. The topological polar surface area (TPSA) is 49.9 Å². The van der Waals surface area contributed by atoms with Crippen molar-refractivity contribution in [1.82, 2.24) is 10.2 Å². The minimum Gasteiger partial charge on any atom is -0.328 e. The van der Waals surface area contributed by atoms with E-state index in [-0.39, 0.29) is 5.13 Å². The van der Waals surface area contributed by atoms with Gasteiger partial charge in [-0.05, 0) is 40.6 Å². The van der Waals surface area contributed by atoms with Gasteiger partial charge in [-0.25, -0.2) is 0 Å². The summed E-state index contributed by atoms with van der Waals surface area (Å²) < 4.78 is 14.0. The first-order chi connectivity index (χ1) is 16.2. The second-order valence-corrected chi connectivity index (χ2v) is 8.61. The number of rotatable bonds is 7. The number of thiophene rings is 1. The molecule has 2 heterocycles. The van der Waals surface area contributed by atoms with E-state index in [1.165, 1.54) is 11.2 Å². The molecule has 4 aromatic rings. The summed E-state index contributed by atoms with van der Waals surface area (Å²) >= 11 is 0.992. The van der Waals surface area contributed by atoms with Gasteiger partial charge in [-0.2, -0.15) is 9.40 Å². The Morgan fingerprint density at radius 3 is 2.36 bits per heavy atom. The molecule has 0 amide bonds. The van der Waals surface area contributed by atoms with Crippen LogP contribution in [0.4, 0.5) is 4.39 Å². The fraction of sp³-hybridized carbons (Fsp3) is 0.0769. The molecule has 0 fully saturated rings. The third-order valence-corrected chi connectivity index (χ3v) is 6.59. The van der Waals surface area contributed by atoms with Crippen LogP contribution in [0.15, 0.2) is 91.0 Å². The van der Waals surface area contributed by atoms with Crippen molar-refractivity contribution in [3.8, 4) is 0 Å². The highest BCUT2D eigenvalue weighted by Gasteiger charge is 2.41. The number of carbonyl (C=O) groups is 2. The largest absolute Gasteiger partial charge is 0.328 e. The van der Waals surface area contributed by atoms with Crippen molar-refractivity contribution in [3.63, 3.8) is 0 Å². The highest BCUT2D eigenvalue weighted by atomic mass is 32.1. The normalized spacial score (nSPS) is 17.1. The zero-order valence-electron chi connectivity index (χ0n) is 17.4. The maximum absolute atomic E-state index is 14.0. The van der Waals surface area contributed by atoms with Crippen LogP contribution in [0.25, 0.3) is 16.5 Å². The van der Waals surface area contributed by atoms with E-state index in [9.17, 15) is 14.0 Å². The fourth-order valence-corrected chi connectivity index (χ4v) is 4.96. The molecule has 7 heteroatoms. The quantitative estimate of drug-likeness (QED) is 0.333. The van der Waals surface area contributed by atoms with Crippen molar-refractivity contribution in [2.45, 2.75) is 12.1 Å². The Bertz CT molecular complexity index is 1340. The molecule has 3 aromatic carbocycles. The number of fused-ring (bicyclic) bond motifs is 1.